The molecule has 0 radical (unpaired) electrons. The number of nitrogens with zero attached hydrogens (tertiary/aromatic N) is 1. The zero-order valence-corrected chi connectivity index (χ0v) is 10.3. The molecule has 0 aromatic rings. The number of carbonyl (C=O) groups is 1. The molecule has 1 saturated heterocycles. The van der Waals surface area contributed by atoms with E-state index < -0.39 is 0 Å². The summed E-state index contributed by atoms with van der Waals surface area (Å²) in [5, 5.41) is 2.97. The summed E-state index contributed by atoms with van der Waals surface area (Å²) in [5.74, 6) is 0.190. The quantitative estimate of drug-likeness (QED) is 0.763. The molecule has 1 aliphatic rings. The van der Waals surface area contributed by atoms with Crippen LogP contribution in [0, 0.1) is 0 Å². The van der Waals surface area contributed by atoms with E-state index >= 15 is 0 Å². The van der Waals surface area contributed by atoms with Gasteiger partial charge in [-0.2, -0.15) is 0 Å². The van der Waals surface area contributed by atoms with Gasteiger partial charge in [-0.1, -0.05) is 0 Å². The van der Waals surface area contributed by atoms with E-state index in [2.05, 4.69) is 5.32 Å². The molecule has 1 N–H and O–H groups in total. The summed E-state index contributed by atoms with van der Waals surface area (Å²) in [5.41, 5.74) is 0. The molecule has 0 saturated carbocycles. The van der Waals surface area contributed by atoms with Crippen LogP contribution in [0.25, 0.3) is 0 Å². The normalized spacial score (nSPS) is 19.7. The molecule has 0 aliphatic carbocycles. The molecule has 1 atom stereocenters. The summed E-state index contributed by atoms with van der Waals surface area (Å²) in [6.45, 7) is 2.33. The monoisotopic (exact) mass is 236 g/mol. The van der Waals surface area contributed by atoms with Crippen molar-refractivity contribution in [2.75, 3.05) is 33.8 Å². The number of nitrogens with one attached hydrogen (secondary N) is 1. The number of rotatable bonds is 5. The maximum absolute atomic E-state index is 11.5. The number of ether oxygens (including phenoxy) is 1. The Labute approximate surface area is 97.8 Å². The summed E-state index contributed by atoms with van der Waals surface area (Å²) >= 11 is 0. The van der Waals surface area contributed by atoms with Crippen LogP contribution in [-0.4, -0.2) is 50.7 Å². The molecule has 1 amide bonds. The first-order valence-corrected chi connectivity index (χ1v) is 5.24. The van der Waals surface area contributed by atoms with Gasteiger partial charge in [-0.3, -0.25) is 4.79 Å². The Hall–Kier alpha value is -0.320. The van der Waals surface area contributed by atoms with Crippen LogP contribution in [0.3, 0.4) is 0 Å². The predicted molar refractivity (Wildman–Crippen MR) is 62.4 cm³/mol. The Kier molecular flexibility index (Phi) is 7.74. The van der Waals surface area contributed by atoms with Gasteiger partial charge in [0.25, 0.3) is 0 Å². The third-order valence-corrected chi connectivity index (χ3v) is 2.52. The second kappa shape index (κ2) is 7.91. The third kappa shape index (κ3) is 5.35. The molecule has 15 heavy (non-hydrogen) atoms. The standard InChI is InChI=1S/C10H20N2O2.ClH/c1-11-6-5-10(13)12(2)8-9-4-3-7-14-9;/h9,11H,3-8H2,1-2H3;1H. The number of hydrogen-bond acceptors (Lipinski definition) is 3. The van der Waals surface area contributed by atoms with E-state index in [0.717, 1.165) is 32.5 Å². The van der Waals surface area contributed by atoms with Crippen molar-refractivity contribution in [2.24, 2.45) is 0 Å². The highest BCUT2D eigenvalue weighted by Gasteiger charge is 2.19. The fourth-order valence-corrected chi connectivity index (χ4v) is 1.62. The van der Waals surface area contributed by atoms with Crippen molar-refractivity contribution in [3.05, 3.63) is 0 Å². The van der Waals surface area contributed by atoms with E-state index in [9.17, 15) is 4.79 Å². The molecule has 1 rings (SSSR count). The Morgan fingerprint density at radius 3 is 2.87 bits per heavy atom. The Bertz CT molecular complexity index is 184. The summed E-state index contributed by atoms with van der Waals surface area (Å²) in [6, 6.07) is 0. The van der Waals surface area contributed by atoms with Crippen molar-refractivity contribution in [1.29, 1.82) is 0 Å². The van der Waals surface area contributed by atoms with Gasteiger partial charge in [-0.05, 0) is 19.9 Å². The largest absolute Gasteiger partial charge is 0.376 e. The lowest BCUT2D eigenvalue weighted by atomic mass is 10.2. The highest BCUT2D eigenvalue weighted by molar-refractivity contribution is 5.85. The van der Waals surface area contributed by atoms with E-state index in [4.69, 9.17) is 4.74 Å². The number of amides is 1. The lowest BCUT2D eigenvalue weighted by Crippen LogP contribution is -2.35. The first-order chi connectivity index (χ1) is 6.74. The van der Waals surface area contributed by atoms with Crippen LogP contribution in [0.1, 0.15) is 19.3 Å². The van der Waals surface area contributed by atoms with Crippen LogP contribution in [-0.2, 0) is 9.53 Å². The van der Waals surface area contributed by atoms with Crippen molar-refractivity contribution < 1.29 is 9.53 Å². The number of carbonyl (C=O) groups excluding carboxylic acids is 1. The smallest absolute Gasteiger partial charge is 0.223 e. The van der Waals surface area contributed by atoms with E-state index in [0.29, 0.717) is 6.42 Å². The number of hydrogen-bond donors (Lipinski definition) is 1. The first-order valence-electron chi connectivity index (χ1n) is 5.24. The van der Waals surface area contributed by atoms with Crippen molar-refractivity contribution in [2.45, 2.75) is 25.4 Å². The van der Waals surface area contributed by atoms with Gasteiger partial charge in [0.1, 0.15) is 0 Å². The minimum absolute atomic E-state index is 0. The highest BCUT2D eigenvalue weighted by atomic mass is 35.5. The molecule has 5 heteroatoms. The molecule has 0 aromatic carbocycles. The molecule has 0 bridgehead atoms. The van der Waals surface area contributed by atoms with Crippen molar-refractivity contribution in [3.63, 3.8) is 0 Å². The van der Waals surface area contributed by atoms with Crippen LogP contribution in [0.2, 0.25) is 0 Å². The molecule has 1 heterocycles. The van der Waals surface area contributed by atoms with Crippen molar-refractivity contribution in [1.82, 2.24) is 10.2 Å². The van der Waals surface area contributed by atoms with Gasteiger partial charge in [-0.25, -0.2) is 0 Å². The molecule has 1 unspecified atom stereocenters. The molecule has 4 nitrogen and oxygen atoms in total. The van der Waals surface area contributed by atoms with Crippen LogP contribution >= 0.6 is 12.4 Å². The minimum Gasteiger partial charge on any atom is -0.376 e. The van der Waals surface area contributed by atoms with Gasteiger partial charge >= 0.3 is 0 Å². The van der Waals surface area contributed by atoms with E-state index in [1.165, 1.54) is 0 Å². The second-order valence-electron chi connectivity index (χ2n) is 3.76. The molecule has 1 fully saturated rings. The van der Waals surface area contributed by atoms with E-state index in [1.54, 1.807) is 4.90 Å². The van der Waals surface area contributed by atoms with Crippen LogP contribution in [0.15, 0.2) is 0 Å². The van der Waals surface area contributed by atoms with Gasteiger partial charge in [0.05, 0.1) is 6.10 Å². The topological polar surface area (TPSA) is 41.6 Å². The van der Waals surface area contributed by atoms with Crippen LogP contribution in [0.4, 0.5) is 0 Å². The van der Waals surface area contributed by atoms with Gasteiger partial charge in [0.15, 0.2) is 0 Å². The fourth-order valence-electron chi connectivity index (χ4n) is 1.62. The number of likely N-dealkylation sites (N-methyl/N-ethyl adjacent to an activating group) is 1. The predicted octanol–water partition coefficient (Wildman–Crippen LogP) is 0.655. The maximum Gasteiger partial charge on any atom is 0.223 e. The number of halogens is 1. The summed E-state index contributed by atoms with van der Waals surface area (Å²) in [4.78, 5) is 13.3. The zero-order valence-electron chi connectivity index (χ0n) is 9.49. The molecule has 1 aliphatic heterocycles. The van der Waals surface area contributed by atoms with Gasteiger partial charge in [0, 0.05) is 33.2 Å². The molecule has 0 spiro atoms. The Morgan fingerprint density at radius 2 is 2.33 bits per heavy atom. The Morgan fingerprint density at radius 1 is 1.60 bits per heavy atom. The van der Waals surface area contributed by atoms with Crippen molar-refractivity contribution >= 4 is 18.3 Å². The lowest BCUT2D eigenvalue weighted by molar-refractivity contribution is -0.131. The van der Waals surface area contributed by atoms with E-state index in [-0.39, 0.29) is 24.4 Å². The van der Waals surface area contributed by atoms with Gasteiger partial charge in [0.2, 0.25) is 5.91 Å². The fraction of sp³-hybridized carbons (Fsp3) is 0.900. The molecule has 0 aromatic heterocycles. The minimum atomic E-state index is 0. The first kappa shape index (κ1) is 14.7. The van der Waals surface area contributed by atoms with Crippen molar-refractivity contribution in [3.8, 4) is 0 Å². The molecule has 90 valence electrons. The summed E-state index contributed by atoms with van der Waals surface area (Å²) in [6.07, 6.45) is 3.05. The average molecular weight is 237 g/mol. The van der Waals surface area contributed by atoms with Crippen LogP contribution < -0.4 is 5.32 Å². The highest BCUT2D eigenvalue weighted by Crippen LogP contribution is 2.12. The van der Waals surface area contributed by atoms with E-state index in [1.807, 2.05) is 14.1 Å². The molecular formula is C10H21ClN2O2. The second-order valence-corrected chi connectivity index (χ2v) is 3.76. The van der Waals surface area contributed by atoms with Gasteiger partial charge in [-0.15, -0.1) is 12.4 Å². The summed E-state index contributed by atoms with van der Waals surface area (Å²) in [7, 11) is 3.70. The average Bonchev–Trinajstić information content (AvgIpc) is 2.66. The molecular weight excluding hydrogens is 216 g/mol. The van der Waals surface area contributed by atoms with Crippen LogP contribution in [0.5, 0.6) is 0 Å². The summed E-state index contributed by atoms with van der Waals surface area (Å²) < 4.78 is 5.47. The maximum atomic E-state index is 11.5. The van der Waals surface area contributed by atoms with Gasteiger partial charge < -0.3 is 15.0 Å². The SMILES string of the molecule is CNCCC(=O)N(C)CC1CCCO1.Cl. The lowest BCUT2D eigenvalue weighted by Gasteiger charge is -2.20. The Balaban J connectivity index is 0.00000196. The third-order valence-electron chi connectivity index (χ3n) is 2.52. The zero-order chi connectivity index (χ0) is 10.4.